The van der Waals surface area contributed by atoms with E-state index in [1.807, 2.05) is 30.3 Å². The Bertz CT molecular complexity index is 1010. The van der Waals surface area contributed by atoms with Crippen LogP contribution in [0.3, 0.4) is 0 Å². The molecule has 1 amide bonds. The minimum absolute atomic E-state index is 0.0323. The Morgan fingerprint density at radius 1 is 1.03 bits per heavy atom. The quantitative estimate of drug-likeness (QED) is 0.601. The van der Waals surface area contributed by atoms with Crippen LogP contribution in [0, 0.1) is 11.7 Å². The zero-order chi connectivity index (χ0) is 20.9. The van der Waals surface area contributed by atoms with Gasteiger partial charge >= 0.3 is 5.97 Å². The monoisotopic (exact) mass is 409 g/mol. The van der Waals surface area contributed by atoms with Crippen molar-refractivity contribution in [3.8, 4) is 5.69 Å². The number of para-hydroxylation sites is 1. The van der Waals surface area contributed by atoms with Crippen LogP contribution in [0.4, 0.5) is 4.39 Å². The average Bonchev–Trinajstić information content (AvgIpc) is 3.27. The summed E-state index contributed by atoms with van der Waals surface area (Å²) in [5.41, 5.74) is 1.21. The van der Waals surface area contributed by atoms with E-state index in [4.69, 9.17) is 4.74 Å². The maximum atomic E-state index is 13.0. The third-order valence-corrected chi connectivity index (χ3v) is 5.09. The smallest absolute Gasteiger partial charge is 0.309 e. The van der Waals surface area contributed by atoms with Crippen molar-refractivity contribution in [2.24, 2.45) is 5.92 Å². The van der Waals surface area contributed by atoms with Crippen molar-refractivity contribution in [1.82, 2.24) is 25.1 Å². The van der Waals surface area contributed by atoms with E-state index in [1.54, 1.807) is 4.90 Å². The summed E-state index contributed by atoms with van der Waals surface area (Å²) < 4.78 is 20.0. The average molecular weight is 409 g/mol. The fourth-order valence-corrected chi connectivity index (χ4v) is 3.41. The van der Waals surface area contributed by atoms with Gasteiger partial charge in [0.05, 0.1) is 11.6 Å². The fraction of sp³-hybridized carbons (Fsp3) is 0.286. The van der Waals surface area contributed by atoms with Gasteiger partial charge in [0.1, 0.15) is 5.82 Å². The van der Waals surface area contributed by atoms with Gasteiger partial charge in [0.2, 0.25) is 0 Å². The number of halogens is 1. The molecule has 30 heavy (non-hydrogen) atoms. The van der Waals surface area contributed by atoms with Crippen molar-refractivity contribution < 1.29 is 18.7 Å². The Kier molecular flexibility index (Phi) is 5.78. The number of ether oxygens (including phenoxy) is 1. The van der Waals surface area contributed by atoms with Crippen LogP contribution in [0.25, 0.3) is 5.69 Å². The number of rotatable bonds is 5. The van der Waals surface area contributed by atoms with Crippen LogP contribution in [0.2, 0.25) is 0 Å². The molecule has 1 aliphatic rings. The molecule has 0 atom stereocenters. The molecule has 0 aliphatic carbocycles. The van der Waals surface area contributed by atoms with E-state index in [9.17, 15) is 14.0 Å². The number of aromatic nitrogens is 4. The zero-order valence-electron chi connectivity index (χ0n) is 16.1. The molecule has 2 heterocycles. The van der Waals surface area contributed by atoms with Crippen LogP contribution in [0.1, 0.15) is 29.0 Å². The van der Waals surface area contributed by atoms with E-state index in [-0.39, 0.29) is 30.2 Å². The Hall–Kier alpha value is -3.62. The Balaban J connectivity index is 1.30. The number of hydrogen-bond acceptors (Lipinski definition) is 6. The minimum atomic E-state index is -0.383. The van der Waals surface area contributed by atoms with Crippen molar-refractivity contribution in [2.75, 3.05) is 13.1 Å². The van der Waals surface area contributed by atoms with Crippen LogP contribution in [-0.4, -0.2) is 50.1 Å². The van der Waals surface area contributed by atoms with Gasteiger partial charge in [-0.2, -0.15) is 4.68 Å². The van der Waals surface area contributed by atoms with E-state index in [1.165, 1.54) is 28.9 Å². The SMILES string of the molecule is O=C(OCc1nnnn1-c1ccccc1)C1CCN(C(=O)c2ccc(F)cc2)CC1. The third-order valence-electron chi connectivity index (χ3n) is 5.09. The summed E-state index contributed by atoms with van der Waals surface area (Å²) in [5, 5.41) is 11.5. The number of nitrogens with zero attached hydrogens (tertiary/aromatic N) is 5. The number of amides is 1. The largest absolute Gasteiger partial charge is 0.457 e. The van der Waals surface area contributed by atoms with Gasteiger partial charge in [0, 0.05) is 18.7 Å². The molecule has 0 radical (unpaired) electrons. The molecular weight excluding hydrogens is 389 g/mol. The summed E-state index contributed by atoms with van der Waals surface area (Å²) in [7, 11) is 0. The molecule has 1 aliphatic heterocycles. The van der Waals surface area contributed by atoms with E-state index in [0.29, 0.717) is 37.3 Å². The molecule has 4 rings (SSSR count). The highest BCUT2D eigenvalue weighted by Gasteiger charge is 2.29. The molecule has 9 heteroatoms. The van der Waals surface area contributed by atoms with Gasteiger partial charge < -0.3 is 9.64 Å². The minimum Gasteiger partial charge on any atom is -0.457 e. The highest BCUT2D eigenvalue weighted by Crippen LogP contribution is 2.21. The van der Waals surface area contributed by atoms with Gasteiger partial charge in [-0.1, -0.05) is 18.2 Å². The number of tetrazole rings is 1. The molecule has 0 N–H and O–H groups in total. The molecule has 2 aromatic carbocycles. The zero-order valence-corrected chi connectivity index (χ0v) is 16.1. The number of carbonyl (C=O) groups is 2. The highest BCUT2D eigenvalue weighted by atomic mass is 19.1. The van der Waals surface area contributed by atoms with Crippen LogP contribution in [-0.2, 0) is 16.1 Å². The Labute approximate surface area is 172 Å². The molecule has 8 nitrogen and oxygen atoms in total. The van der Waals surface area contributed by atoms with Crippen LogP contribution in [0.5, 0.6) is 0 Å². The second kappa shape index (κ2) is 8.81. The van der Waals surface area contributed by atoms with Gasteiger partial charge in [-0.15, -0.1) is 5.10 Å². The van der Waals surface area contributed by atoms with Gasteiger partial charge in [0.15, 0.2) is 12.4 Å². The van der Waals surface area contributed by atoms with Crippen LogP contribution in [0.15, 0.2) is 54.6 Å². The van der Waals surface area contributed by atoms with Crippen molar-refractivity contribution in [2.45, 2.75) is 19.4 Å². The molecule has 0 spiro atoms. The molecule has 1 aromatic heterocycles. The maximum Gasteiger partial charge on any atom is 0.309 e. The molecule has 0 unspecified atom stereocenters. The molecule has 1 fully saturated rings. The lowest BCUT2D eigenvalue weighted by Gasteiger charge is -2.31. The Morgan fingerprint density at radius 3 is 2.43 bits per heavy atom. The second-order valence-corrected chi connectivity index (χ2v) is 7.02. The summed E-state index contributed by atoms with van der Waals surface area (Å²) in [6.45, 7) is 0.852. The lowest BCUT2D eigenvalue weighted by Crippen LogP contribution is -2.40. The van der Waals surface area contributed by atoms with Crippen molar-refractivity contribution in [1.29, 1.82) is 0 Å². The number of carbonyl (C=O) groups excluding carboxylic acids is 2. The molecule has 3 aromatic rings. The van der Waals surface area contributed by atoms with Crippen molar-refractivity contribution in [3.05, 3.63) is 71.8 Å². The first-order valence-corrected chi connectivity index (χ1v) is 9.66. The lowest BCUT2D eigenvalue weighted by atomic mass is 9.96. The van der Waals surface area contributed by atoms with Crippen LogP contribution < -0.4 is 0 Å². The standard InChI is InChI=1S/C21H20FN5O3/c22-17-8-6-15(7-9-17)20(28)26-12-10-16(11-13-26)21(29)30-14-19-23-24-25-27(19)18-4-2-1-3-5-18/h1-9,16H,10-14H2. The number of hydrogen-bond donors (Lipinski definition) is 0. The summed E-state index contributed by atoms with van der Waals surface area (Å²) in [6, 6.07) is 14.8. The third kappa shape index (κ3) is 4.35. The van der Waals surface area contributed by atoms with Gasteiger partial charge in [-0.3, -0.25) is 9.59 Å². The van der Waals surface area contributed by atoms with Gasteiger partial charge in [-0.25, -0.2) is 4.39 Å². The normalized spacial score (nSPS) is 14.5. The number of benzene rings is 2. The maximum absolute atomic E-state index is 13.0. The van der Waals surface area contributed by atoms with Crippen molar-refractivity contribution in [3.63, 3.8) is 0 Å². The number of piperidine rings is 1. The number of esters is 1. The first-order valence-electron chi connectivity index (χ1n) is 9.66. The molecule has 0 saturated carbocycles. The van der Waals surface area contributed by atoms with E-state index in [0.717, 1.165) is 5.69 Å². The summed E-state index contributed by atoms with van der Waals surface area (Å²) in [5.74, 6) is -0.733. The van der Waals surface area contributed by atoms with E-state index < -0.39 is 0 Å². The Morgan fingerprint density at radius 2 is 1.73 bits per heavy atom. The first kappa shape index (κ1) is 19.7. The molecule has 0 bridgehead atoms. The second-order valence-electron chi connectivity index (χ2n) is 7.02. The first-order chi connectivity index (χ1) is 14.6. The van der Waals surface area contributed by atoms with Gasteiger partial charge in [0.25, 0.3) is 5.91 Å². The fourth-order valence-electron chi connectivity index (χ4n) is 3.41. The lowest BCUT2D eigenvalue weighted by molar-refractivity contribution is -0.151. The highest BCUT2D eigenvalue weighted by molar-refractivity contribution is 5.94. The predicted octanol–water partition coefficient (Wildman–Crippen LogP) is 2.40. The summed E-state index contributed by atoms with van der Waals surface area (Å²) >= 11 is 0. The number of likely N-dealkylation sites (tertiary alicyclic amines) is 1. The van der Waals surface area contributed by atoms with E-state index in [2.05, 4.69) is 15.5 Å². The van der Waals surface area contributed by atoms with Crippen molar-refractivity contribution >= 4 is 11.9 Å². The van der Waals surface area contributed by atoms with Crippen LogP contribution >= 0.6 is 0 Å². The summed E-state index contributed by atoms with van der Waals surface area (Å²) in [4.78, 5) is 26.7. The van der Waals surface area contributed by atoms with E-state index >= 15 is 0 Å². The molecule has 154 valence electrons. The molecule has 1 saturated heterocycles. The molecular formula is C21H20FN5O3. The summed E-state index contributed by atoms with van der Waals surface area (Å²) in [6.07, 6.45) is 1.02. The van der Waals surface area contributed by atoms with Gasteiger partial charge in [-0.05, 0) is 59.7 Å². The topological polar surface area (TPSA) is 90.2 Å². The predicted molar refractivity (Wildman–Crippen MR) is 104 cm³/mol.